The Labute approximate surface area is 199 Å². The maximum absolute atomic E-state index is 14.1. The van der Waals surface area contributed by atoms with Crippen molar-refractivity contribution < 1.29 is 18.0 Å². The van der Waals surface area contributed by atoms with Crippen LogP contribution < -0.4 is 10.2 Å². The first-order valence-electron chi connectivity index (χ1n) is 11.1. The number of fused-ring (bicyclic) bond motifs is 1. The molecule has 1 aliphatic heterocycles. The van der Waals surface area contributed by atoms with E-state index >= 15 is 0 Å². The van der Waals surface area contributed by atoms with Crippen molar-refractivity contribution in [1.82, 2.24) is 9.88 Å². The summed E-state index contributed by atoms with van der Waals surface area (Å²) in [7, 11) is 4.13. The summed E-state index contributed by atoms with van der Waals surface area (Å²) in [5.74, 6) is -1.61. The number of halogens is 2. The number of nitrogens with zero attached hydrogens (tertiary/aromatic N) is 3. The van der Waals surface area contributed by atoms with E-state index in [9.17, 15) is 13.6 Å². The number of carbonyl (C=O) groups excluding carboxylic acids is 1. The molecule has 0 saturated carbocycles. The Morgan fingerprint density at radius 3 is 2.71 bits per heavy atom. The molecular weight excluding hydrogens is 458 g/mol. The quantitative estimate of drug-likeness (QED) is 0.400. The van der Waals surface area contributed by atoms with E-state index in [2.05, 4.69) is 27.1 Å². The molecule has 6 nitrogen and oxygen atoms in total. The number of carbonyl (C=O) groups is 1. The molecule has 0 unspecified atom stereocenters. The average Bonchev–Trinajstić information content (AvgIpc) is 3.46. The minimum Gasteiger partial charge on any atom is -0.423 e. The lowest BCUT2D eigenvalue weighted by atomic mass is 10.0. The molecule has 0 bridgehead atoms. The fourth-order valence-electron chi connectivity index (χ4n) is 4.17. The number of thiophene rings is 1. The molecule has 0 radical (unpaired) electrons. The van der Waals surface area contributed by atoms with Crippen molar-refractivity contribution in [1.29, 1.82) is 0 Å². The van der Waals surface area contributed by atoms with Crippen LogP contribution in [0.3, 0.4) is 0 Å². The van der Waals surface area contributed by atoms with Crippen LogP contribution in [0.25, 0.3) is 21.5 Å². The van der Waals surface area contributed by atoms with Crippen LogP contribution >= 0.6 is 11.3 Å². The summed E-state index contributed by atoms with van der Waals surface area (Å²) in [6.07, 6.45) is 2.11. The van der Waals surface area contributed by atoms with Crippen LogP contribution in [0, 0.1) is 11.6 Å². The van der Waals surface area contributed by atoms with Crippen LogP contribution in [-0.4, -0.2) is 49.0 Å². The van der Waals surface area contributed by atoms with E-state index in [-0.39, 0.29) is 11.5 Å². The monoisotopic (exact) mass is 482 g/mol. The first-order valence-corrected chi connectivity index (χ1v) is 11.9. The molecule has 1 N–H and O–H groups in total. The van der Waals surface area contributed by atoms with Gasteiger partial charge < -0.3 is 19.5 Å². The van der Waals surface area contributed by atoms with Crippen molar-refractivity contribution in [3.05, 3.63) is 65.0 Å². The highest BCUT2D eigenvalue weighted by Gasteiger charge is 2.24. The van der Waals surface area contributed by atoms with Crippen LogP contribution in [0.4, 0.5) is 20.5 Å². The van der Waals surface area contributed by atoms with Crippen molar-refractivity contribution in [3.8, 4) is 10.4 Å². The van der Waals surface area contributed by atoms with Gasteiger partial charge in [0.1, 0.15) is 17.2 Å². The zero-order valence-corrected chi connectivity index (χ0v) is 19.7. The number of piperidine rings is 1. The Morgan fingerprint density at radius 1 is 1.15 bits per heavy atom. The third-order valence-corrected chi connectivity index (χ3v) is 7.32. The number of nitrogens with one attached hydrogen (secondary N) is 1. The molecule has 1 aliphatic rings. The molecule has 1 saturated heterocycles. The molecule has 1 fully saturated rings. The lowest BCUT2D eigenvalue weighted by molar-refractivity contribution is 0.103. The van der Waals surface area contributed by atoms with Gasteiger partial charge in [-0.15, -0.1) is 11.3 Å². The Kier molecular flexibility index (Phi) is 6.05. The van der Waals surface area contributed by atoms with Crippen molar-refractivity contribution in [2.24, 2.45) is 0 Å². The lowest BCUT2D eigenvalue weighted by Gasteiger charge is -2.34. The summed E-state index contributed by atoms with van der Waals surface area (Å²) in [5, 5.41) is 2.86. The number of amides is 1. The lowest BCUT2D eigenvalue weighted by Crippen LogP contribution is -2.42. The molecule has 0 spiro atoms. The van der Waals surface area contributed by atoms with Crippen LogP contribution in [-0.2, 0) is 0 Å². The van der Waals surface area contributed by atoms with Crippen molar-refractivity contribution >= 4 is 40.0 Å². The number of benzene rings is 2. The predicted octanol–water partition coefficient (Wildman–Crippen LogP) is 5.62. The SMILES string of the molecule is CN1CCC(N(C)c2nc3cc(NC(=O)c4ccc(-c5ccc(F)cc5F)s4)ccc3o2)CC1. The number of rotatable bonds is 5. The molecule has 5 rings (SSSR count). The Bertz CT molecular complexity index is 1340. The summed E-state index contributed by atoms with van der Waals surface area (Å²) in [6.45, 7) is 2.09. The van der Waals surface area contributed by atoms with E-state index in [0.717, 1.165) is 43.3 Å². The summed E-state index contributed by atoms with van der Waals surface area (Å²) < 4.78 is 33.2. The topological polar surface area (TPSA) is 61.6 Å². The first kappa shape index (κ1) is 22.5. The maximum atomic E-state index is 14.1. The molecule has 9 heteroatoms. The predicted molar refractivity (Wildman–Crippen MR) is 131 cm³/mol. The molecule has 2 aromatic carbocycles. The van der Waals surface area contributed by atoms with Crippen molar-refractivity contribution in [2.75, 3.05) is 37.4 Å². The number of hydrogen-bond acceptors (Lipinski definition) is 6. The van der Waals surface area contributed by atoms with Gasteiger partial charge in [0, 0.05) is 35.3 Å². The fourth-order valence-corrected chi connectivity index (χ4v) is 5.10. The summed E-state index contributed by atoms with van der Waals surface area (Å²) in [4.78, 5) is 22.8. The Hall–Kier alpha value is -3.30. The van der Waals surface area contributed by atoms with E-state index in [0.29, 0.717) is 38.6 Å². The second kappa shape index (κ2) is 9.15. The second-order valence-corrected chi connectivity index (χ2v) is 9.65. The normalized spacial score (nSPS) is 15.1. The van der Waals surface area contributed by atoms with Gasteiger partial charge in [-0.25, -0.2) is 8.78 Å². The molecule has 4 aromatic rings. The Balaban J connectivity index is 1.30. The third kappa shape index (κ3) is 4.53. The van der Waals surface area contributed by atoms with Gasteiger partial charge in [0.25, 0.3) is 11.9 Å². The molecule has 2 aromatic heterocycles. The fraction of sp³-hybridized carbons (Fsp3) is 0.280. The molecule has 34 heavy (non-hydrogen) atoms. The number of hydrogen-bond donors (Lipinski definition) is 1. The van der Waals surface area contributed by atoms with E-state index in [1.54, 1.807) is 30.3 Å². The summed E-state index contributed by atoms with van der Waals surface area (Å²) in [6, 6.07) is 13.0. The third-order valence-electron chi connectivity index (χ3n) is 6.20. The maximum Gasteiger partial charge on any atom is 0.298 e. The molecule has 176 valence electrons. The second-order valence-electron chi connectivity index (χ2n) is 8.57. The van der Waals surface area contributed by atoms with E-state index in [1.165, 1.54) is 12.1 Å². The Morgan fingerprint density at radius 2 is 1.94 bits per heavy atom. The van der Waals surface area contributed by atoms with Crippen LogP contribution in [0.5, 0.6) is 0 Å². The average molecular weight is 483 g/mol. The molecule has 1 amide bonds. The number of oxazole rings is 1. The molecule has 0 atom stereocenters. The van der Waals surface area contributed by atoms with Crippen molar-refractivity contribution in [2.45, 2.75) is 18.9 Å². The van der Waals surface area contributed by atoms with Gasteiger partial charge in [0.2, 0.25) is 0 Å². The van der Waals surface area contributed by atoms with E-state index < -0.39 is 11.6 Å². The van der Waals surface area contributed by atoms with E-state index in [4.69, 9.17) is 4.42 Å². The van der Waals surface area contributed by atoms with Gasteiger partial charge in [0.15, 0.2) is 5.58 Å². The molecule has 3 heterocycles. The van der Waals surface area contributed by atoms with Gasteiger partial charge in [-0.2, -0.15) is 4.98 Å². The van der Waals surface area contributed by atoms with Crippen molar-refractivity contribution in [3.63, 3.8) is 0 Å². The van der Waals surface area contributed by atoms with Gasteiger partial charge in [0.05, 0.1) is 4.88 Å². The van der Waals surface area contributed by atoms with Crippen LogP contribution in [0.2, 0.25) is 0 Å². The number of aromatic nitrogens is 1. The van der Waals surface area contributed by atoms with Crippen LogP contribution in [0.1, 0.15) is 22.5 Å². The standard InChI is InChI=1S/C25H24F2N4O2S/c1-30-11-9-17(10-12-30)31(2)25-29-20-14-16(4-6-21(20)33-25)28-24(32)23-8-7-22(34-23)18-5-3-15(26)13-19(18)27/h3-8,13-14,17H,9-12H2,1-2H3,(H,28,32). The summed E-state index contributed by atoms with van der Waals surface area (Å²) in [5.41, 5.74) is 2.16. The number of anilines is 2. The van der Waals surface area contributed by atoms with Gasteiger partial charge in [-0.3, -0.25) is 4.79 Å². The van der Waals surface area contributed by atoms with Crippen LogP contribution in [0.15, 0.2) is 52.9 Å². The zero-order chi connectivity index (χ0) is 23.8. The minimum absolute atomic E-state index is 0.260. The highest BCUT2D eigenvalue weighted by molar-refractivity contribution is 7.17. The van der Waals surface area contributed by atoms with Gasteiger partial charge >= 0.3 is 0 Å². The molecular formula is C25H24F2N4O2S. The highest BCUT2D eigenvalue weighted by atomic mass is 32.1. The zero-order valence-electron chi connectivity index (χ0n) is 18.8. The number of likely N-dealkylation sites (tertiary alicyclic amines) is 1. The minimum atomic E-state index is -0.661. The first-order chi connectivity index (χ1) is 16.4. The van der Waals surface area contributed by atoms with Gasteiger partial charge in [-0.05, 0) is 75.4 Å². The molecule has 0 aliphatic carbocycles. The van der Waals surface area contributed by atoms with E-state index in [1.807, 2.05) is 7.05 Å². The highest BCUT2D eigenvalue weighted by Crippen LogP contribution is 2.32. The van der Waals surface area contributed by atoms with Gasteiger partial charge in [-0.1, -0.05) is 0 Å². The summed E-state index contributed by atoms with van der Waals surface area (Å²) >= 11 is 1.14. The largest absolute Gasteiger partial charge is 0.423 e. The smallest absolute Gasteiger partial charge is 0.298 e.